The molecule has 0 fully saturated rings. The predicted molar refractivity (Wildman–Crippen MR) is 97.7 cm³/mol. The Morgan fingerprint density at radius 1 is 1.16 bits per heavy atom. The molecule has 130 valence electrons. The molecule has 0 saturated carbocycles. The number of likely N-dealkylation sites (N-methyl/N-ethyl adjacent to an activating group) is 1. The summed E-state index contributed by atoms with van der Waals surface area (Å²) >= 11 is 0. The van der Waals surface area contributed by atoms with Crippen molar-refractivity contribution in [3.8, 4) is 5.75 Å². The first-order chi connectivity index (χ1) is 12.0. The third-order valence-electron chi connectivity index (χ3n) is 3.64. The van der Waals surface area contributed by atoms with Crippen molar-refractivity contribution in [2.24, 2.45) is 0 Å². The number of nitrogens with one attached hydrogen (secondary N) is 1. The number of hydrogen-bond donors (Lipinski definition) is 2. The van der Waals surface area contributed by atoms with Gasteiger partial charge in [-0.2, -0.15) is 0 Å². The molecule has 0 bridgehead atoms. The number of hydrogen-bond acceptors (Lipinski definition) is 6. The molecule has 2 aromatic carbocycles. The third-order valence-corrected chi connectivity index (χ3v) is 3.64. The summed E-state index contributed by atoms with van der Waals surface area (Å²) in [5, 5.41) is 3.42. The lowest BCUT2D eigenvalue weighted by atomic mass is 10.2. The molecule has 0 unspecified atom stereocenters. The Kier molecular flexibility index (Phi) is 4.95. The van der Waals surface area contributed by atoms with Crippen LogP contribution in [0.15, 0.2) is 42.7 Å². The monoisotopic (exact) mass is 341 g/mol. The van der Waals surface area contributed by atoms with E-state index in [0.717, 1.165) is 12.2 Å². The predicted octanol–water partition coefficient (Wildman–Crippen LogP) is 3.04. The molecule has 0 aliphatic rings. The van der Waals surface area contributed by atoms with E-state index in [9.17, 15) is 4.39 Å². The van der Waals surface area contributed by atoms with Crippen molar-refractivity contribution in [1.82, 2.24) is 14.9 Å². The van der Waals surface area contributed by atoms with Gasteiger partial charge in [-0.15, -0.1) is 0 Å². The van der Waals surface area contributed by atoms with Gasteiger partial charge in [-0.25, -0.2) is 14.4 Å². The molecule has 0 spiro atoms. The van der Waals surface area contributed by atoms with E-state index in [-0.39, 0.29) is 0 Å². The van der Waals surface area contributed by atoms with Crippen molar-refractivity contribution in [3.63, 3.8) is 0 Å². The van der Waals surface area contributed by atoms with Crippen LogP contribution in [0.1, 0.15) is 0 Å². The molecule has 3 aromatic rings. The molecule has 0 aliphatic carbocycles. The number of fused-ring (bicyclic) bond motifs is 1. The molecule has 0 saturated heterocycles. The number of rotatable bonds is 6. The molecule has 0 atom stereocenters. The van der Waals surface area contributed by atoms with Gasteiger partial charge in [-0.05, 0) is 38.4 Å². The minimum Gasteiger partial charge on any atom is -0.492 e. The van der Waals surface area contributed by atoms with Gasteiger partial charge >= 0.3 is 0 Å². The highest BCUT2D eigenvalue weighted by atomic mass is 19.1. The van der Waals surface area contributed by atoms with Crippen LogP contribution in [0.3, 0.4) is 0 Å². The number of nitrogen functional groups attached to an aromatic ring is 1. The summed E-state index contributed by atoms with van der Waals surface area (Å²) in [6.07, 6.45) is 1.39. The molecule has 25 heavy (non-hydrogen) atoms. The standard InChI is InChI=1S/C18H20FN5O/c1-24(2)7-8-25-14-9-15(19)17-16(10-14)21-11-22-18(17)23-13-5-3-12(20)4-6-13/h3-6,9-11H,7-8,20H2,1-2H3,(H,21,22,23). The fourth-order valence-electron chi connectivity index (χ4n) is 2.34. The van der Waals surface area contributed by atoms with Crippen LogP contribution < -0.4 is 15.8 Å². The van der Waals surface area contributed by atoms with Crippen LogP contribution in [0.5, 0.6) is 5.75 Å². The van der Waals surface area contributed by atoms with E-state index in [1.807, 2.05) is 19.0 Å². The van der Waals surface area contributed by atoms with Crippen molar-refractivity contribution < 1.29 is 9.13 Å². The summed E-state index contributed by atoms with van der Waals surface area (Å²) in [5.74, 6) is 0.409. The average molecular weight is 341 g/mol. The molecular formula is C18H20FN5O. The number of halogens is 1. The molecule has 3 rings (SSSR count). The van der Waals surface area contributed by atoms with Crippen molar-refractivity contribution in [2.75, 3.05) is 38.3 Å². The highest BCUT2D eigenvalue weighted by Crippen LogP contribution is 2.29. The molecule has 1 heterocycles. The normalized spacial score (nSPS) is 11.0. The molecular weight excluding hydrogens is 321 g/mol. The van der Waals surface area contributed by atoms with Crippen molar-refractivity contribution in [1.29, 1.82) is 0 Å². The molecule has 1 aromatic heterocycles. The van der Waals surface area contributed by atoms with Gasteiger partial charge in [0.1, 0.15) is 30.3 Å². The van der Waals surface area contributed by atoms with Crippen molar-refractivity contribution in [2.45, 2.75) is 0 Å². The maximum absolute atomic E-state index is 14.6. The Balaban J connectivity index is 1.89. The first-order valence-electron chi connectivity index (χ1n) is 7.87. The van der Waals surface area contributed by atoms with Crippen LogP contribution in [0, 0.1) is 5.82 Å². The maximum Gasteiger partial charge on any atom is 0.144 e. The van der Waals surface area contributed by atoms with E-state index in [0.29, 0.717) is 34.8 Å². The van der Waals surface area contributed by atoms with E-state index in [1.165, 1.54) is 12.4 Å². The lowest BCUT2D eigenvalue weighted by molar-refractivity contribution is 0.261. The van der Waals surface area contributed by atoms with Crippen LogP contribution in [-0.4, -0.2) is 42.1 Å². The van der Waals surface area contributed by atoms with Crippen LogP contribution in [-0.2, 0) is 0 Å². The van der Waals surface area contributed by atoms with Gasteiger partial charge in [-0.1, -0.05) is 0 Å². The van der Waals surface area contributed by atoms with Gasteiger partial charge in [0.25, 0.3) is 0 Å². The molecule has 6 nitrogen and oxygen atoms in total. The van der Waals surface area contributed by atoms with Gasteiger partial charge < -0.3 is 20.7 Å². The summed E-state index contributed by atoms with van der Waals surface area (Å²) in [4.78, 5) is 10.3. The van der Waals surface area contributed by atoms with Crippen LogP contribution in [0.2, 0.25) is 0 Å². The number of anilines is 3. The Hall–Kier alpha value is -2.93. The zero-order chi connectivity index (χ0) is 17.8. The van der Waals surface area contributed by atoms with Gasteiger partial charge in [0.2, 0.25) is 0 Å². The number of nitrogens with zero attached hydrogens (tertiary/aromatic N) is 3. The van der Waals surface area contributed by atoms with E-state index >= 15 is 0 Å². The SMILES string of the molecule is CN(C)CCOc1cc(F)c2c(Nc3ccc(N)cc3)ncnc2c1. The number of benzene rings is 2. The summed E-state index contributed by atoms with van der Waals surface area (Å²) in [5.41, 5.74) is 7.58. The summed E-state index contributed by atoms with van der Waals surface area (Å²) in [7, 11) is 3.90. The van der Waals surface area contributed by atoms with Gasteiger partial charge in [0.05, 0.1) is 10.9 Å². The highest BCUT2D eigenvalue weighted by Gasteiger charge is 2.12. The first kappa shape index (κ1) is 16.9. The minimum absolute atomic E-state index is 0.319. The highest BCUT2D eigenvalue weighted by molar-refractivity contribution is 5.92. The molecule has 0 aliphatic heterocycles. The Bertz CT molecular complexity index is 867. The Morgan fingerprint density at radius 3 is 2.64 bits per heavy atom. The zero-order valence-corrected chi connectivity index (χ0v) is 14.2. The smallest absolute Gasteiger partial charge is 0.144 e. The lowest BCUT2D eigenvalue weighted by Crippen LogP contribution is -2.19. The molecule has 3 N–H and O–H groups in total. The lowest BCUT2D eigenvalue weighted by Gasteiger charge is -2.13. The second kappa shape index (κ2) is 7.31. The number of aromatic nitrogens is 2. The zero-order valence-electron chi connectivity index (χ0n) is 14.2. The Morgan fingerprint density at radius 2 is 1.92 bits per heavy atom. The quantitative estimate of drug-likeness (QED) is 0.671. The average Bonchev–Trinajstić information content (AvgIpc) is 2.56. The van der Waals surface area contributed by atoms with E-state index < -0.39 is 5.82 Å². The van der Waals surface area contributed by atoms with Crippen molar-refractivity contribution >= 4 is 28.1 Å². The topological polar surface area (TPSA) is 76.3 Å². The molecule has 0 amide bonds. The third kappa shape index (κ3) is 4.13. The molecule has 7 heteroatoms. The van der Waals surface area contributed by atoms with E-state index in [4.69, 9.17) is 10.5 Å². The first-order valence-corrected chi connectivity index (χ1v) is 7.87. The number of ether oxygens (including phenoxy) is 1. The minimum atomic E-state index is -0.434. The van der Waals surface area contributed by atoms with Gasteiger partial charge in [-0.3, -0.25) is 0 Å². The van der Waals surface area contributed by atoms with E-state index in [2.05, 4.69) is 15.3 Å². The van der Waals surface area contributed by atoms with Crippen LogP contribution in [0.25, 0.3) is 10.9 Å². The largest absolute Gasteiger partial charge is 0.492 e. The summed E-state index contributed by atoms with van der Waals surface area (Å²) in [6, 6.07) is 10.2. The summed E-state index contributed by atoms with van der Waals surface area (Å²) in [6.45, 7) is 1.22. The van der Waals surface area contributed by atoms with Crippen LogP contribution in [0.4, 0.5) is 21.6 Å². The summed E-state index contributed by atoms with van der Waals surface area (Å²) < 4.78 is 20.2. The van der Waals surface area contributed by atoms with Crippen LogP contribution >= 0.6 is 0 Å². The second-order valence-electron chi connectivity index (χ2n) is 5.92. The van der Waals surface area contributed by atoms with Gasteiger partial charge in [0, 0.05) is 30.1 Å². The van der Waals surface area contributed by atoms with E-state index in [1.54, 1.807) is 30.3 Å². The van der Waals surface area contributed by atoms with Gasteiger partial charge in [0.15, 0.2) is 0 Å². The Labute approximate surface area is 145 Å². The fourth-order valence-corrected chi connectivity index (χ4v) is 2.34. The fraction of sp³-hybridized carbons (Fsp3) is 0.222. The maximum atomic E-state index is 14.6. The number of nitrogens with two attached hydrogens (primary N) is 1. The molecule has 0 radical (unpaired) electrons. The van der Waals surface area contributed by atoms with Crippen molar-refractivity contribution in [3.05, 3.63) is 48.5 Å². The second-order valence-corrected chi connectivity index (χ2v) is 5.92.